The van der Waals surface area contributed by atoms with E-state index in [0.29, 0.717) is 31.2 Å². The second kappa shape index (κ2) is 6.28. The van der Waals surface area contributed by atoms with E-state index >= 15 is 0 Å². The average molecular weight is 368 g/mol. The fourth-order valence-electron chi connectivity index (χ4n) is 3.18. The third-order valence-corrected chi connectivity index (χ3v) is 5.59. The predicted octanol–water partition coefficient (Wildman–Crippen LogP) is 3.44. The van der Waals surface area contributed by atoms with Crippen molar-refractivity contribution in [3.8, 4) is 0 Å². The quantitative estimate of drug-likeness (QED) is 0.830. The van der Waals surface area contributed by atoms with Gasteiger partial charge in [-0.2, -0.15) is 0 Å². The van der Waals surface area contributed by atoms with Gasteiger partial charge in [0, 0.05) is 23.1 Å². The van der Waals surface area contributed by atoms with Gasteiger partial charge in [0.2, 0.25) is 0 Å². The first-order valence-electron chi connectivity index (χ1n) is 7.51. The Kier molecular flexibility index (Phi) is 4.38. The van der Waals surface area contributed by atoms with Crippen molar-refractivity contribution in [2.75, 3.05) is 13.1 Å². The van der Waals surface area contributed by atoms with Crippen LogP contribution in [-0.2, 0) is 17.8 Å². The zero-order valence-corrected chi connectivity index (χ0v) is 13.8. The SMILES string of the molecule is O=C1OCc2c1ccc(CCC1CCN(C(=O)O)CC1)c2Br. The average Bonchev–Trinajstić information content (AvgIpc) is 2.89. The topological polar surface area (TPSA) is 66.8 Å². The number of esters is 1. The number of halogens is 1. The van der Waals surface area contributed by atoms with Crippen molar-refractivity contribution in [1.82, 2.24) is 4.90 Å². The molecule has 1 saturated heterocycles. The Morgan fingerprint density at radius 3 is 2.77 bits per heavy atom. The van der Waals surface area contributed by atoms with E-state index < -0.39 is 6.09 Å². The fraction of sp³-hybridized carbons (Fsp3) is 0.500. The van der Waals surface area contributed by atoms with E-state index in [2.05, 4.69) is 15.9 Å². The number of piperidine rings is 1. The molecule has 1 amide bonds. The monoisotopic (exact) mass is 367 g/mol. The van der Waals surface area contributed by atoms with Crippen LogP contribution in [-0.4, -0.2) is 35.2 Å². The summed E-state index contributed by atoms with van der Waals surface area (Å²) in [6.45, 7) is 1.61. The molecule has 1 fully saturated rings. The van der Waals surface area contributed by atoms with Gasteiger partial charge < -0.3 is 14.7 Å². The molecule has 2 aliphatic heterocycles. The van der Waals surface area contributed by atoms with Gasteiger partial charge in [0.05, 0.1) is 5.56 Å². The molecule has 1 N–H and O–H groups in total. The van der Waals surface area contributed by atoms with Gasteiger partial charge in [-0.1, -0.05) is 22.0 Å². The maximum atomic E-state index is 11.5. The Morgan fingerprint density at radius 2 is 2.09 bits per heavy atom. The normalized spacial score (nSPS) is 18.2. The summed E-state index contributed by atoms with van der Waals surface area (Å²) in [4.78, 5) is 23.9. The minimum absolute atomic E-state index is 0.247. The molecule has 3 rings (SSSR count). The number of hydrogen-bond donors (Lipinski definition) is 1. The number of ether oxygens (including phenoxy) is 1. The number of nitrogens with zero attached hydrogens (tertiary/aromatic N) is 1. The lowest BCUT2D eigenvalue weighted by Gasteiger charge is -2.30. The van der Waals surface area contributed by atoms with Crippen molar-refractivity contribution in [2.24, 2.45) is 5.92 Å². The first-order chi connectivity index (χ1) is 10.6. The van der Waals surface area contributed by atoms with Crippen molar-refractivity contribution < 1.29 is 19.4 Å². The minimum atomic E-state index is -0.815. The molecule has 2 aliphatic rings. The van der Waals surface area contributed by atoms with Crippen LogP contribution in [0.15, 0.2) is 16.6 Å². The van der Waals surface area contributed by atoms with E-state index in [1.54, 1.807) is 0 Å². The molecule has 0 spiro atoms. The maximum Gasteiger partial charge on any atom is 0.407 e. The van der Waals surface area contributed by atoms with Crippen LogP contribution in [0.25, 0.3) is 0 Å². The molecule has 118 valence electrons. The summed E-state index contributed by atoms with van der Waals surface area (Å²) in [5.74, 6) is 0.317. The third kappa shape index (κ3) is 2.97. The number of cyclic esters (lactones) is 1. The molecule has 22 heavy (non-hydrogen) atoms. The lowest BCUT2D eigenvalue weighted by Crippen LogP contribution is -2.37. The summed E-state index contributed by atoms with van der Waals surface area (Å²) in [7, 11) is 0. The summed E-state index contributed by atoms with van der Waals surface area (Å²) in [6.07, 6.45) is 3.01. The molecule has 0 radical (unpaired) electrons. The molecular weight excluding hydrogens is 350 g/mol. The van der Waals surface area contributed by atoms with Crippen LogP contribution in [0, 0.1) is 5.92 Å². The standard InChI is InChI=1S/C16H18BrNO4/c17-14-11(3-4-12-13(14)9-22-15(12)19)2-1-10-5-7-18(8-6-10)16(20)21/h3-4,10H,1-2,5-9H2,(H,20,21). The van der Waals surface area contributed by atoms with E-state index in [9.17, 15) is 9.59 Å². The Hall–Kier alpha value is -1.56. The van der Waals surface area contributed by atoms with Crippen molar-refractivity contribution >= 4 is 28.0 Å². The minimum Gasteiger partial charge on any atom is -0.465 e. The number of benzene rings is 1. The molecule has 0 saturated carbocycles. The Balaban J connectivity index is 1.59. The van der Waals surface area contributed by atoms with Crippen LogP contribution in [0.5, 0.6) is 0 Å². The number of amides is 1. The second-order valence-electron chi connectivity index (χ2n) is 5.89. The number of rotatable bonds is 3. The second-order valence-corrected chi connectivity index (χ2v) is 6.69. The number of hydrogen-bond acceptors (Lipinski definition) is 3. The van der Waals surface area contributed by atoms with Gasteiger partial charge in [0.15, 0.2) is 0 Å². The molecule has 2 heterocycles. The van der Waals surface area contributed by atoms with Gasteiger partial charge in [-0.3, -0.25) is 0 Å². The number of aryl methyl sites for hydroxylation is 1. The predicted molar refractivity (Wildman–Crippen MR) is 83.9 cm³/mol. The highest BCUT2D eigenvalue weighted by atomic mass is 79.9. The molecule has 0 atom stereocenters. The summed E-state index contributed by atoms with van der Waals surface area (Å²) >= 11 is 3.60. The van der Waals surface area contributed by atoms with E-state index in [4.69, 9.17) is 9.84 Å². The molecule has 0 bridgehead atoms. The maximum absolute atomic E-state index is 11.5. The molecule has 1 aromatic rings. The number of likely N-dealkylation sites (tertiary alicyclic amines) is 1. The van der Waals surface area contributed by atoms with E-state index in [-0.39, 0.29) is 5.97 Å². The Bertz CT molecular complexity index is 608. The van der Waals surface area contributed by atoms with E-state index in [1.165, 1.54) is 10.5 Å². The van der Waals surface area contributed by atoms with E-state index in [0.717, 1.165) is 35.7 Å². The molecule has 5 nitrogen and oxygen atoms in total. The number of carbonyl (C=O) groups excluding carboxylic acids is 1. The molecule has 1 aromatic carbocycles. The van der Waals surface area contributed by atoms with Crippen LogP contribution >= 0.6 is 15.9 Å². The fourth-order valence-corrected chi connectivity index (χ4v) is 3.84. The van der Waals surface area contributed by atoms with Gasteiger partial charge in [0.1, 0.15) is 6.61 Å². The number of fused-ring (bicyclic) bond motifs is 1. The summed E-state index contributed by atoms with van der Waals surface area (Å²) in [5.41, 5.74) is 2.80. The van der Waals surface area contributed by atoms with Gasteiger partial charge in [-0.05, 0) is 43.2 Å². The highest BCUT2D eigenvalue weighted by Gasteiger charge is 2.26. The lowest BCUT2D eigenvalue weighted by atomic mass is 9.90. The van der Waals surface area contributed by atoms with Crippen LogP contribution in [0.2, 0.25) is 0 Å². The zero-order valence-electron chi connectivity index (χ0n) is 12.2. The van der Waals surface area contributed by atoms with Crippen molar-refractivity contribution in [1.29, 1.82) is 0 Å². The lowest BCUT2D eigenvalue weighted by molar-refractivity contribution is 0.0534. The molecule has 0 unspecified atom stereocenters. The third-order valence-electron chi connectivity index (χ3n) is 4.60. The van der Waals surface area contributed by atoms with Crippen LogP contribution < -0.4 is 0 Å². The van der Waals surface area contributed by atoms with Crippen molar-refractivity contribution in [3.05, 3.63) is 33.3 Å². The molecule has 0 aromatic heterocycles. The molecule has 0 aliphatic carbocycles. The van der Waals surface area contributed by atoms with E-state index in [1.807, 2.05) is 12.1 Å². The van der Waals surface area contributed by atoms with Gasteiger partial charge in [0.25, 0.3) is 0 Å². The Labute approximate surface area is 137 Å². The van der Waals surface area contributed by atoms with Crippen LogP contribution in [0.3, 0.4) is 0 Å². The number of carboxylic acid groups (broad SMARTS) is 1. The summed E-state index contributed by atoms with van der Waals surface area (Å²) < 4.78 is 6.04. The smallest absolute Gasteiger partial charge is 0.407 e. The molecule has 6 heteroatoms. The Morgan fingerprint density at radius 1 is 1.36 bits per heavy atom. The molecular formula is C16H18BrNO4. The number of carbonyl (C=O) groups is 2. The van der Waals surface area contributed by atoms with Gasteiger partial charge >= 0.3 is 12.1 Å². The van der Waals surface area contributed by atoms with Crippen LogP contribution in [0.1, 0.15) is 40.7 Å². The van der Waals surface area contributed by atoms with Crippen molar-refractivity contribution in [2.45, 2.75) is 32.3 Å². The van der Waals surface area contributed by atoms with Crippen molar-refractivity contribution in [3.63, 3.8) is 0 Å². The first kappa shape index (κ1) is 15.3. The highest BCUT2D eigenvalue weighted by Crippen LogP contribution is 2.32. The largest absolute Gasteiger partial charge is 0.465 e. The highest BCUT2D eigenvalue weighted by molar-refractivity contribution is 9.10. The summed E-state index contributed by atoms with van der Waals surface area (Å²) in [5, 5.41) is 8.96. The van der Waals surface area contributed by atoms with Gasteiger partial charge in [-0.25, -0.2) is 9.59 Å². The summed E-state index contributed by atoms with van der Waals surface area (Å²) in [6, 6.07) is 3.83. The van der Waals surface area contributed by atoms with Gasteiger partial charge in [-0.15, -0.1) is 0 Å². The first-order valence-corrected chi connectivity index (χ1v) is 8.31. The zero-order chi connectivity index (χ0) is 15.7. The van der Waals surface area contributed by atoms with Crippen LogP contribution in [0.4, 0.5) is 4.79 Å².